The van der Waals surface area contributed by atoms with E-state index < -0.39 is 22.9 Å². The van der Waals surface area contributed by atoms with Crippen molar-refractivity contribution < 1.29 is 9.59 Å². The maximum Gasteiger partial charge on any atom is 0.332 e. The Morgan fingerprint density at radius 2 is 1.74 bits per heavy atom. The Labute approximate surface area is 202 Å². The van der Waals surface area contributed by atoms with Crippen LogP contribution in [0.2, 0.25) is 0 Å². The van der Waals surface area contributed by atoms with Crippen molar-refractivity contribution in [3.8, 4) is 0 Å². The number of ketones is 1. The summed E-state index contributed by atoms with van der Waals surface area (Å²) in [5.74, 6) is -1.10. The molecule has 9 heteroatoms. The second-order valence-electron chi connectivity index (χ2n) is 8.82. The number of primary amides is 1. The van der Waals surface area contributed by atoms with E-state index in [0.717, 1.165) is 39.8 Å². The molecule has 0 radical (unpaired) electrons. The average molecular weight is 476 g/mol. The molecular weight excluding hydrogens is 446 g/mol. The molecule has 0 atom stereocenters. The van der Waals surface area contributed by atoms with Gasteiger partial charge in [-0.3, -0.25) is 23.5 Å². The number of rotatable bonds is 7. The van der Waals surface area contributed by atoms with Crippen LogP contribution in [0.5, 0.6) is 0 Å². The van der Waals surface area contributed by atoms with E-state index in [2.05, 4.69) is 0 Å². The first-order valence-corrected chi connectivity index (χ1v) is 11.6. The molecule has 3 aromatic rings. The minimum absolute atomic E-state index is 0.0746. The van der Waals surface area contributed by atoms with Crippen LogP contribution in [0.3, 0.4) is 0 Å². The van der Waals surface area contributed by atoms with Crippen LogP contribution in [-0.2, 0) is 19.5 Å². The fraction of sp³-hybridized carbons (Fsp3) is 0.308. The molecule has 182 valence electrons. The summed E-state index contributed by atoms with van der Waals surface area (Å²) in [5, 5.41) is 0. The topological polar surface area (TPSA) is 133 Å². The molecule has 1 amide bonds. The minimum atomic E-state index is -0.679. The third kappa shape index (κ3) is 4.62. The van der Waals surface area contributed by atoms with Crippen molar-refractivity contribution >= 4 is 23.2 Å². The average Bonchev–Trinajstić information content (AvgIpc) is 2.83. The van der Waals surface area contributed by atoms with Gasteiger partial charge in [0.25, 0.3) is 5.56 Å². The van der Waals surface area contributed by atoms with E-state index in [-0.39, 0.29) is 31.0 Å². The molecule has 1 aliphatic heterocycles. The Balaban J connectivity index is 1.71. The molecular formula is C26H29N5O4. The lowest BCUT2D eigenvalue weighted by atomic mass is 9.98. The van der Waals surface area contributed by atoms with Crippen LogP contribution < -0.4 is 27.6 Å². The lowest BCUT2D eigenvalue weighted by molar-refractivity contribution is 0.0989. The van der Waals surface area contributed by atoms with Crippen LogP contribution in [0.4, 0.5) is 11.5 Å². The number of hydrogen-bond acceptors (Lipinski definition) is 6. The second kappa shape index (κ2) is 9.61. The van der Waals surface area contributed by atoms with Gasteiger partial charge in [-0.2, -0.15) is 0 Å². The van der Waals surface area contributed by atoms with Gasteiger partial charge >= 0.3 is 5.69 Å². The maximum atomic E-state index is 13.4. The summed E-state index contributed by atoms with van der Waals surface area (Å²) >= 11 is 0. The first kappa shape index (κ1) is 24.0. The molecule has 9 nitrogen and oxygen atoms in total. The molecule has 0 aliphatic carbocycles. The van der Waals surface area contributed by atoms with Crippen molar-refractivity contribution in [1.29, 1.82) is 0 Å². The number of hydrogen-bond donors (Lipinski definition) is 2. The molecule has 0 unspecified atom stereocenters. The zero-order chi connectivity index (χ0) is 25.3. The van der Waals surface area contributed by atoms with Crippen LogP contribution in [0.25, 0.3) is 0 Å². The number of carbonyl (C=O) groups excluding carboxylic acids is 2. The van der Waals surface area contributed by atoms with Crippen molar-refractivity contribution in [2.75, 3.05) is 23.7 Å². The van der Waals surface area contributed by atoms with Gasteiger partial charge in [-0.05, 0) is 56.0 Å². The summed E-state index contributed by atoms with van der Waals surface area (Å²) in [6.07, 6.45) is 1.54. The fourth-order valence-electron chi connectivity index (χ4n) is 4.53. The molecule has 0 bridgehead atoms. The molecule has 0 saturated carbocycles. The van der Waals surface area contributed by atoms with Gasteiger partial charge in [-0.15, -0.1) is 0 Å². The van der Waals surface area contributed by atoms with Crippen molar-refractivity contribution in [2.24, 2.45) is 5.73 Å². The molecule has 4 rings (SSSR count). The second-order valence-corrected chi connectivity index (χ2v) is 8.82. The molecule has 0 fully saturated rings. The SMILES string of the molecule is CCn1c(=O)c(C(=O)CN2CCCc3cc(C(N)=O)ccc32)c(N)n(Cc2ccc(C)cc2)c1=O. The summed E-state index contributed by atoms with van der Waals surface area (Å²) in [6, 6.07) is 12.8. The van der Waals surface area contributed by atoms with Crippen LogP contribution in [0, 0.1) is 6.92 Å². The largest absolute Gasteiger partial charge is 0.384 e. The van der Waals surface area contributed by atoms with E-state index in [0.29, 0.717) is 12.1 Å². The monoisotopic (exact) mass is 475 g/mol. The van der Waals surface area contributed by atoms with Crippen LogP contribution in [0.1, 0.15) is 50.8 Å². The molecule has 2 aromatic carbocycles. The van der Waals surface area contributed by atoms with Gasteiger partial charge in [0.2, 0.25) is 5.91 Å². The lowest BCUT2D eigenvalue weighted by Crippen LogP contribution is -2.45. The number of amides is 1. The lowest BCUT2D eigenvalue weighted by Gasteiger charge is -2.31. The Morgan fingerprint density at radius 3 is 2.40 bits per heavy atom. The van der Waals surface area contributed by atoms with Gasteiger partial charge in [-0.1, -0.05) is 29.8 Å². The van der Waals surface area contributed by atoms with Gasteiger partial charge in [0.05, 0.1) is 13.1 Å². The Hall–Kier alpha value is -4.14. The smallest absolute Gasteiger partial charge is 0.332 e. The van der Waals surface area contributed by atoms with E-state index in [4.69, 9.17) is 11.5 Å². The zero-order valence-electron chi connectivity index (χ0n) is 19.9. The van der Waals surface area contributed by atoms with Crippen LogP contribution in [0.15, 0.2) is 52.1 Å². The first-order valence-electron chi connectivity index (χ1n) is 11.6. The Bertz CT molecular complexity index is 1420. The molecule has 0 spiro atoms. The highest BCUT2D eigenvalue weighted by Crippen LogP contribution is 2.28. The highest BCUT2D eigenvalue weighted by molar-refractivity contribution is 6.02. The molecule has 0 saturated heterocycles. The maximum absolute atomic E-state index is 13.4. The number of nitrogen functional groups attached to an aromatic ring is 1. The van der Waals surface area contributed by atoms with Crippen molar-refractivity contribution in [2.45, 2.75) is 39.8 Å². The van der Waals surface area contributed by atoms with Gasteiger partial charge in [0.15, 0.2) is 5.78 Å². The summed E-state index contributed by atoms with van der Waals surface area (Å²) in [6.45, 7) is 4.45. The number of anilines is 2. The van der Waals surface area contributed by atoms with Gasteiger partial charge < -0.3 is 16.4 Å². The van der Waals surface area contributed by atoms with Gasteiger partial charge in [-0.25, -0.2) is 4.79 Å². The van der Waals surface area contributed by atoms with E-state index in [1.807, 2.05) is 36.1 Å². The normalized spacial score (nSPS) is 12.9. The van der Waals surface area contributed by atoms with E-state index >= 15 is 0 Å². The van der Waals surface area contributed by atoms with Gasteiger partial charge in [0, 0.05) is 24.3 Å². The number of aryl methyl sites for hydroxylation is 2. The quantitative estimate of drug-likeness (QED) is 0.500. The van der Waals surface area contributed by atoms with Crippen LogP contribution in [-0.4, -0.2) is 33.9 Å². The fourth-order valence-corrected chi connectivity index (χ4v) is 4.53. The number of fused-ring (bicyclic) bond motifs is 1. The summed E-state index contributed by atoms with van der Waals surface area (Å²) in [5.41, 5.74) is 14.4. The predicted molar refractivity (Wildman–Crippen MR) is 135 cm³/mol. The third-order valence-corrected chi connectivity index (χ3v) is 6.44. The Morgan fingerprint density at radius 1 is 1.03 bits per heavy atom. The zero-order valence-corrected chi connectivity index (χ0v) is 19.9. The number of nitrogens with two attached hydrogens (primary N) is 2. The van der Waals surface area contributed by atoms with E-state index in [1.165, 1.54) is 4.57 Å². The summed E-state index contributed by atoms with van der Waals surface area (Å²) < 4.78 is 2.33. The Kier molecular flexibility index (Phi) is 6.59. The summed E-state index contributed by atoms with van der Waals surface area (Å²) in [7, 11) is 0. The predicted octanol–water partition coefficient (Wildman–Crippen LogP) is 1.70. The molecule has 35 heavy (non-hydrogen) atoms. The standard InChI is InChI=1S/C26H29N5O4/c1-3-30-25(34)22(23(27)31(26(30)35)14-17-8-6-16(2)7-9-17)21(32)15-29-12-4-5-18-13-19(24(28)33)10-11-20(18)29/h6-11,13H,3-5,12,14-15,27H2,1-2H3,(H2,28,33). The molecule has 1 aromatic heterocycles. The summed E-state index contributed by atoms with van der Waals surface area (Å²) in [4.78, 5) is 53.0. The number of nitrogens with zero attached hydrogens (tertiary/aromatic N) is 3. The first-order chi connectivity index (χ1) is 16.7. The highest BCUT2D eigenvalue weighted by atomic mass is 16.2. The van der Waals surface area contributed by atoms with Crippen molar-refractivity contribution in [1.82, 2.24) is 9.13 Å². The number of benzene rings is 2. The van der Waals surface area contributed by atoms with Gasteiger partial charge in [0.1, 0.15) is 11.4 Å². The number of Topliss-reactive ketones (excluding diaryl/α,β-unsaturated/α-hetero) is 1. The third-order valence-electron chi connectivity index (χ3n) is 6.44. The number of carbonyl (C=O) groups is 2. The molecule has 4 N–H and O–H groups in total. The van der Waals surface area contributed by atoms with E-state index in [9.17, 15) is 19.2 Å². The van der Waals surface area contributed by atoms with Crippen LogP contribution >= 0.6 is 0 Å². The van der Waals surface area contributed by atoms with Crippen molar-refractivity contribution in [3.63, 3.8) is 0 Å². The highest BCUT2D eigenvalue weighted by Gasteiger charge is 2.26. The molecule has 2 heterocycles. The number of aromatic nitrogens is 2. The minimum Gasteiger partial charge on any atom is -0.384 e. The molecule has 1 aliphatic rings. The van der Waals surface area contributed by atoms with E-state index in [1.54, 1.807) is 25.1 Å². The van der Waals surface area contributed by atoms with Crippen molar-refractivity contribution in [3.05, 3.63) is 91.1 Å².